The minimum Gasteiger partial charge on any atom is -0.390 e. The van der Waals surface area contributed by atoms with Crippen LogP contribution in [0.25, 0.3) is 10.9 Å². The summed E-state index contributed by atoms with van der Waals surface area (Å²) in [5.74, 6) is 0. The molecule has 3 heterocycles. The first-order valence-electron chi connectivity index (χ1n) is 8.68. The maximum atomic E-state index is 13.0. The second-order valence-electron chi connectivity index (χ2n) is 6.65. The second-order valence-corrected chi connectivity index (χ2v) is 6.65. The number of aromatic nitrogens is 4. The van der Waals surface area contributed by atoms with Gasteiger partial charge in [0.25, 0.3) is 0 Å². The van der Waals surface area contributed by atoms with Crippen LogP contribution in [0.2, 0.25) is 0 Å². The SMILES string of the molecule is OCc1cn(C2CCCN(c3ccnc4cc(C(F)(F)F)ccc34)C2)nn1. The molecule has 1 aromatic carbocycles. The number of alkyl halides is 3. The summed E-state index contributed by atoms with van der Waals surface area (Å²) in [6.07, 6.45) is 0.726. The lowest BCUT2D eigenvalue weighted by molar-refractivity contribution is -0.137. The first-order chi connectivity index (χ1) is 13.0. The van der Waals surface area contributed by atoms with Crippen molar-refractivity contribution in [2.75, 3.05) is 18.0 Å². The number of nitrogens with zero attached hydrogens (tertiary/aromatic N) is 5. The summed E-state index contributed by atoms with van der Waals surface area (Å²) in [7, 11) is 0. The Kier molecular flexibility index (Phi) is 4.47. The first kappa shape index (κ1) is 17.7. The summed E-state index contributed by atoms with van der Waals surface area (Å²) in [6, 6.07) is 5.59. The van der Waals surface area contributed by atoms with Crippen LogP contribution in [0.4, 0.5) is 18.9 Å². The fourth-order valence-electron chi connectivity index (χ4n) is 3.54. The molecule has 3 aromatic rings. The van der Waals surface area contributed by atoms with E-state index in [0.29, 0.717) is 23.1 Å². The van der Waals surface area contributed by atoms with Crippen molar-refractivity contribution in [1.29, 1.82) is 0 Å². The van der Waals surface area contributed by atoms with E-state index >= 15 is 0 Å². The molecule has 0 aliphatic carbocycles. The monoisotopic (exact) mass is 377 g/mol. The van der Waals surface area contributed by atoms with Gasteiger partial charge in [-0.25, -0.2) is 4.68 Å². The number of piperidine rings is 1. The van der Waals surface area contributed by atoms with E-state index in [1.54, 1.807) is 17.1 Å². The Hall–Kier alpha value is -2.68. The molecule has 0 saturated carbocycles. The van der Waals surface area contributed by atoms with Crippen molar-refractivity contribution < 1.29 is 18.3 Å². The Balaban J connectivity index is 1.65. The molecule has 1 fully saturated rings. The molecule has 0 spiro atoms. The van der Waals surface area contributed by atoms with Gasteiger partial charge in [-0.15, -0.1) is 5.10 Å². The Labute approximate surface area is 153 Å². The van der Waals surface area contributed by atoms with Crippen LogP contribution in [0.1, 0.15) is 30.1 Å². The average Bonchev–Trinajstić information content (AvgIpc) is 3.16. The summed E-state index contributed by atoms with van der Waals surface area (Å²) in [5.41, 5.74) is 1.00. The lowest BCUT2D eigenvalue weighted by Gasteiger charge is -2.34. The standard InChI is InChI=1S/C18H18F3N5O/c19-18(20,21)12-3-4-15-16(8-12)22-6-5-17(15)25-7-1-2-14(10-25)26-9-13(11-27)23-24-26/h3-6,8-9,14,27H,1-2,7,10-11H2. The Morgan fingerprint density at radius 3 is 2.81 bits per heavy atom. The zero-order valence-corrected chi connectivity index (χ0v) is 14.4. The van der Waals surface area contributed by atoms with E-state index in [0.717, 1.165) is 37.2 Å². The van der Waals surface area contributed by atoms with Crippen molar-refractivity contribution >= 4 is 16.6 Å². The molecule has 27 heavy (non-hydrogen) atoms. The van der Waals surface area contributed by atoms with Gasteiger partial charge in [0, 0.05) is 30.4 Å². The molecule has 0 radical (unpaired) electrons. The highest BCUT2D eigenvalue weighted by Crippen LogP contribution is 2.35. The molecule has 9 heteroatoms. The second kappa shape index (κ2) is 6.80. The molecule has 1 aliphatic rings. The van der Waals surface area contributed by atoms with E-state index in [4.69, 9.17) is 5.11 Å². The van der Waals surface area contributed by atoms with Gasteiger partial charge in [-0.1, -0.05) is 11.3 Å². The number of hydrogen-bond acceptors (Lipinski definition) is 5. The minimum absolute atomic E-state index is 0.0872. The van der Waals surface area contributed by atoms with Crippen LogP contribution in [0, 0.1) is 0 Å². The summed E-state index contributed by atoms with van der Waals surface area (Å²) in [4.78, 5) is 6.27. The summed E-state index contributed by atoms with van der Waals surface area (Å²) in [6.45, 7) is 1.31. The highest BCUT2D eigenvalue weighted by molar-refractivity contribution is 5.92. The third-order valence-corrected chi connectivity index (χ3v) is 4.88. The number of hydrogen-bond donors (Lipinski definition) is 1. The summed E-state index contributed by atoms with van der Waals surface area (Å²) in [5, 5.41) is 17.9. The largest absolute Gasteiger partial charge is 0.416 e. The number of rotatable bonds is 3. The normalized spacial score (nSPS) is 18.2. The van der Waals surface area contributed by atoms with E-state index in [2.05, 4.69) is 20.2 Å². The number of anilines is 1. The summed E-state index contributed by atoms with van der Waals surface area (Å²) >= 11 is 0. The molecular formula is C18H18F3N5O. The molecule has 1 N–H and O–H groups in total. The van der Waals surface area contributed by atoms with Gasteiger partial charge >= 0.3 is 6.18 Å². The molecule has 1 aliphatic heterocycles. The summed E-state index contributed by atoms with van der Waals surface area (Å²) < 4.78 is 40.7. The predicted octanol–water partition coefficient (Wildman–Crippen LogP) is 3.18. The zero-order valence-electron chi connectivity index (χ0n) is 14.4. The highest BCUT2D eigenvalue weighted by Gasteiger charge is 2.31. The minimum atomic E-state index is -4.39. The Morgan fingerprint density at radius 1 is 1.22 bits per heavy atom. The van der Waals surface area contributed by atoms with E-state index < -0.39 is 11.7 Å². The Morgan fingerprint density at radius 2 is 2.07 bits per heavy atom. The topological polar surface area (TPSA) is 67.1 Å². The van der Waals surface area contributed by atoms with Crippen LogP contribution >= 0.6 is 0 Å². The highest BCUT2D eigenvalue weighted by atomic mass is 19.4. The van der Waals surface area contributed by atoms with Crippen LogP contribution in [-0.4, -0.2) is 38.2 Å². The van der Waals surface area contributed by atoms with Crippen LogP contribution in [0.5, 0.6) is 0 Å². The molecule has 6 nitrogen and oxygen atoms in total. The lowest BCUT2D eigenvalue weighted by Crippen LogP contribution is -2.37. The van der Waals surface area contributed by atoms with Crippen molar-refractivity contribution in [3.8, 4) is 0 Å². The van der Waals surface area contributed by atoms with Crippen LogP contribution in [0.15, 0.2) is 36.7 Å². The molecular weight excluding hydrogens is 359 g/mol. The molecule has 0 amide bonds. The van der Waals surface area contributed by atoms with Crippen LogP contribution in [-0.2, 0) is 12.8 Å². The number of benzene rings is 1. The van der Waals surface area contributed by atoms with Crippen molar-refractivity contribution in [1.82, 2.24) is 20.0 Å². The van der Waals surface area contributed by atoms with Gasteiger partial charge < -0.3 is 10.0 Å². The Bertz CT molecular complexity index is 956. The van der Waals surface area contributed by atoms with Gasteiger partial charge in [0.1, 0.15) is 5.69 Å². The van der Waals surface area contributed by atoms with Crippen molar-refractivity contribution in [2.45, 2.75) is 31.7 Å². The molecule has 142 valence electrons. The zero-order chi connectivity index (χ0) is 19.0. The van der Waals surface area contributed by atoms with E-state index in [9.17, 15) is 13.2 Å². The van der Waals surface area contributed by atoms with Gasteiger partial charge in [-0.3, -0.25) is 4.98 Å². The van der Waals surface area contributed by atoms with Crippen LogP contribution < -0.4 is 4.90 Å². The van der Waals surface area contributed by atoms with E-state index in [1.807, 2.05) is 6.07 Å². The van der Waals surface area contributed by atoms with Gasteiger partial charge in [-0.05, 0) is 31.0 Å². The first-order valence-corrected chi connectivity index (χ1v) is 8.68. The number of pyridine rings is 1. The maximum absolute atomic E-state index is 13.0. The molecule has 2 aromatic heterocycles. The van der Waals surface area contributed by atoms with E-state index in [-0.39, 0.29) is 12.6 Å². The lowest BCUT2D eigenvalue weighted by atomic mass is 10.0. The number of aliphatic hydroxyl groups excluding tert-OH is 1. The van der Waals surface area contributed by atoms with Crippen molar-refractivity contribution in [2.24, 2.45) is 0 Å². The fraction of sp³-hybridized carbons (Fsp3) is 0.389. The predicted molar refractivity (Wildman–Crippen MR) is 93.2 cm³/mol. The molecule has 4 rings (SSSR count). The van der Waals surface area contributed by atoms with Crippen molar-refractivity contribution in [3.05, 3.63) is 47.9 Å². The van der Waals surface area contributed by atoms with Gasteiger partial charge in [0.15, 0.2) is 0 Å². The number of fused-ring (bicyclic) bond motifs is 1. The number of aliphatic hydroxyl groups is 1. The maximum Gasteiger partial charge on any atom is 0.416 e. The van der Waals surface area contributed by atoms with Gasteiger partial charge in [-0.2, -0.15) is 13.2 Å². The van der Waals surface area contributed by atoms with Crippen molar-refractivity contribution in [3.63, 3.8) is 0 Å². The molecule has 1 atom stereocenters. The quantitative estimate of drug-likeness (QED) is 0.759. The molecule has 0 bridgehead atoms. The number of halogens is 3. The third kappa shape index (κ3) is 3.46. The van der Waals surface area contributed by atoms with Gasteiger partial charge in [0.05, 0.1) is 29.9 Å². The third-order valence-electron chi connectivity index (χ3n) is 4.88. The smallest absolute Gasteiger partial charge is 0.390 e. The van der Waals surface area contributed by atoms with Gasteiger partial charge in [0.2, 0.25) is 0 Å². The average molecular weight is 377 g/mol. The molecule has 1 unspecified atom stereocenters. The fourth-order valence-corrected chi connectivity index (χ4v) is 3.54. The van der Waals surface area contributed by atoms with E-state index in [1.165, 1.54) is 6.07 Å². The molecule has 1 saturated heterocycles. The van der Waals surface area contributed by atoms with Crippen LogP contribution in [0.3, 0.4) is 0 Å².